The van der Waals surface area contributed by atoms with Crippen molar-refractivity contribution in [2.24, 2.45) is 71.0 Å². The Bertz CT molecular complexity index is 1480. The average Bonchev–Trinajstić information content (AvgIpc) is 3.93. The van der Waals surface area contributed by atoms with Crippen molar-refractivity contribution in [2.75, 3.05) is 13.2 Å². The maximum absolute atomic E-state index is 13.5. The van der Waals surface area contributed by atoms with Crippen LogP contribution in [0.3, 0.4) is 0 Å². The number of rotatable bonds is 14. The molecule has 0 heterocycles. The van der Waals surface area contributed by atoms with Crippen LogP contribution in [0.15, 0.2) is 36.9 Å². The van der Waals surface area contributed by atoms with Crippen LogP contribution < -0.4 is 0 Å². The molecule has 272 valence electrons. The van der Waals surface area contributed by atoms with Gasteiger partial charge in [0.1, 0.15) is 11.2 Å². The normalized spacial score (nSPS) is 37.4. The Morgan fingerprint density at radius 1 is 0.760 bits per heavy atom. The molecule has 12 unspecified atom stereocenters. The Balaban J connectivity index is 0.913. The van der Waals surface area contributed by atoms with Crippen molar-refractivity contribution in [1.29, 1.82) is 0 Å². The Kier molecular flexibility index (Phi) is 9.70. The molecule has 8 nitrogen and oxygen atoms in total. The molecule has 6 aliphatic carbocycles. The number of ether oxygens (including phenoxy) is 4. The summed E-state index contributed by atoms with van der Waals surface area (Å²) in [6.45, 7) is 13.3. The maximum atomic E-state index is 13.5. The van der Waals surface area contributed by atoms with Gasteiger partial charge >= 0.3 is 17.9 Å². The van der Waals surface area contributed by atoms with Gasteiger partial charge in [-0.25, -0.2) is 14.4 Å². The van der Waals surface area contributed by atoms with Crippen molar-refractivity contribution in [3.63, 3.8) is 0 Å². The van der Waals surface area contributed by atoms with Crippen LogP contribution in [-0.2, 0) is 28.5 Å². The molecule has 1 aromatic rings. The number of hydrogen-bond donors (Lipinski definition) is 0. The summed E-state index contributed by atoms with van der Waals surface area (Å²) in [7, 11) is 0. The molecule has 4 bridgehead atoms. The topological polar surface area (TPSA) is 105 Å². The zero-order valence-corrected chi connectivity index (χ0v) is 30.4. The highest BCUT2D eigenvalue weighted by Gasteiger charge is 2.61. The lowest BCUT2D eigenvalue weighted by molar-refractivity contribution is -0.153. The Hall–Kier alpha value is -3.16. The molecule has 0 saturated heterocycles. The van der Waals surface area contributed by atoms with Gasteiger partial charge in [0.05, 0.1) is 24.3 Å². The van der Waals surface area contributed by atoms with Crippen LogP contribution in [0.5, 0.6) is 0 Å². The number of hydrogen-bond acceptors (Lipinski definition) is 8. The number of benzene rings is 1. The van der Waals surface area contributed by atoms with E-state index >= 15 is 0 Å². The van der Waals surface area contributed by atoms with Crippen molar-refractivity contribution in [3.05, 3.63) is 48.0 Å². The van der Waals surface area contributed by atoms with Crippen LogP contribution >= 0.6 is 0 Å². The van der Waals surface area contributed by atoms with Crippen LogP contribution in [-0.4, -0.2) is 48.8 Å². The largest absolute Gasteiger partial charge is 0.462 e. The molecule has 13 atom stereocenters. The molecule has 0 amide bonds. The van der Waals surface area contributed by atoms with Crippen LogP contribution in [0, 0.1) is 71.0 Å². The predicted octanol–water partition coefficient (Wildman–Crippen LogP) is 7.84. The molecule has 1 aromatic carbocycles. The highest BCUT2D eigenvalue weighted by atomic mass is 16.6. The van der Waals surface area contributed by atoms with E-state index in [1.807, 2.05) is 13.8 Å². The molecule has 50 heavy (non-hydrogen) atoms. The summed E-state index contributed by atoms with van der Waals surface area (Å²) in [5.41, 5.74) is -0.299. The second kappa shape index (κ2) is 13.8. The first-order chi connectivity index (χ1) is 23.9. The first kappa shape index (κ1) is 35.3. The monoisotopic (exact) mass is 688 g/mol. The van der Waals surface area contributed by atoms with Crippen LogP contribution in [0.1, 0.15) is 113 Å². The highest BCUT2D eigenvalue weighted by Crippen LogP contribution is 2.66. The highest BCUT2D eigenvalue weighted by molar-refractivity contribution is 5.95. The Morgan fingerprint density at radius 2 is 1.32 bits per heavy atom. The van der Waals surface area contributed by atoms with Gasteiger partial charge in [0.15, 0.2) is 0 Å². The van der Waals surface area contributed by atoms with Crippen molar-refractivity contribution < 1.29 is 38.1 Å². The molecule has 7 rings (SSSR count). The molecule has 0 radical (unpaired) electrons. The van der Waals surface area contributed by atoms with E-state index in [4.69, 9.17) is 18.9 Å². The molecule has 6 fully saturated rings. The third-order valence-electron chi connectivity index (χ3n) is 14.6. The van der Waals surface area contributed by atoms with Gasteiger partial charge in [0, 0.05) is 17.9 Å². The third kappa shape index (κ3) is 6.42. The second-order valence-electron chi connectivity index (χ2n) is 17.6. The molecular weight excluding hydrogens is 632 g/mol. The lowest BCUT2D eigenvalue weighted by Crippen LogP contribution is -2.43. The number of carbonyl (C=O) groups excluding carboxylic acids is 4. The SMILES string of the molecule is C=CC(=O)OCC1CC2C3CC(CC3C(C)(C)OC(=O)c3cccc(C(=O)OCC4CC5C6CC(C5C4)C(C(C)(CCC)OC=O)C6)c3)[C@H]2C1. The van der Waals surface area contributed by atoms with Gasteiger partial charge in [-0.3, -0.25) is 4.79 Å². The van der Waals surface area contributed by atoms with E-state index in [2.05, 4.69) is 20.4 Å². The van der Waals surface area contributed by atoms with Gasteiger partial charge in [0.2, 0.25) is 0 Å². The predicted molar refractivity (Wildman–Crippen MR) is 187 cm³/mol. The molecule has 0 spiro atoms. The van der Waals surface area contributed by atoms with E-state index in [0.29, 0.717) is 95.9 Å². The van der Waals surface area contributed by atoms with E-state index in [0.717, 1.165) is 51.4 Å². The first-order valence-electron chi connectivity index (χ1n) is 19.4. The van der Waals surface area contributed by atoms with Crippen molar-refractivity contribution in [3.8, 4) is 0 Å². The Labute approximate surface area is 297 Å². The minimum Gasteiger partial charge on any atom is -0.462 e. The smallest absolute Gasteiger partial charge is 0.338 e. The van der Waals surface area contributed by atoms with E-state index in [-0.39, 0.29) is 11.9 Å². The lowest BCUT2D eigenvalue weighted by atomic mass is 9.68. The van der Waals surface area contributed by atoms with Gasteiger partial charge in [-0.2, -0.15) is 0 Å². The average molecular weight is 689 g/mol. The first-order valence-corrected chi connectivity index (χ1v) is 19.4. The van der Waals surface area contributed by atoms with Crippen LogP contribution in [0.25, 0.3) is 0 Å². The summed E-state index contributed by atoms with van der Waals surface area (Å²) in [6, 6.07) is 6.76. The number of esters is 3. The number of fused-ring (bicyclic) bond motifs is 10. The van der Waals surface area contributed by atoms with E-state index in [1.165, 1.54) is 18.9 Å². The fraction of sp³-hybridized carbons (Fsp3) is 0.714. The van der Waals surface area contributed by atoms with Gasteiger partial charge in [-0.15, -0.1) is 0 Å². The molecule has 6 saturated carbocycles. The lowest BCUT2D eigenvalue weighted by Gasteiger charge is -2.42. The third-order valence-corrected chi connectivity index (χ3v) is 14.6. The molecular formula is C42H56O8. The van der Waals surface area contributed by atoms with Crippen LogP contribution in [0.4, 0.5) is 0 Å². The van der Waals surface area contributed by atoms with E-state index in [9.17, 15) is 19.2 Å². The van der Waals surface area contributed by atoms with Gasteiger partial charge in [-0.05, 0) is 156 Å². The fourth-order valence-electron chi connectivity index (χ4n) is 12.8. The molecule has 0 N–H and O–H groups in total. The minimum absolute atomic E-state index is 0.273. The van der Waals surface area contributed by atoms with Gasteiger partial charge in [0.25, 0.3) is 6.47 Å². The van der Waals surface area contributed by atoms with Crippen LogP contribution in [0.2, 0.25) is 0 Å². The zero-order valence-electron chi connectivity index (χ0n) is 30.4. The van der Waals surface area contributed by atoms with E-state index in [1.54, 1.807) is 24.3 Å². The molecule has 0 aromatic heterocycles. The second-order valence-corrected chi connectivity index (χ2v) is 17.6. The van der Waals surface area contributed by atoms with Gasteiger partial charge in [-0.1, -0.05) is 26.0 Å². The summed E-state index contributed by atoms with van der Waals surface area (Å²) >= 11 is 0. The summed E-state index contributed by atoms with van der Waals surface area (Å²) in [5.74, 6) is 5.10. The summed E-state index contributed by atoms with van der Waals surface area (Å²) in [5, 5.41) is 0. The standard InChI is InChI=1S/C42H56O8/c1-6-11-42(5,49-23-43)37-20-29-18-35(37)33-15-25(13-31(29)33)22-48-39(45)26-9-8-10-27(16-26)40(46)50-41(3,4)36-19-28-17-34(36)32-14-24(12-30(28)32)21-47-38(44)7-2/h7-10,16,23-25,28-37H,2,6,11-15,17-22H2,1,3-5H3/t24?,25?,28?,29?,30-,31?,32?,33?,34?,35?,36?,37?,42?/m1/s1. The summed E-state index contributed by atoms with van der Waals surface area (Å²) in [6.07, 6.45) is 12.0. The zero-order chi connectivity index (χ0) is 35.4. The summed E-state index contributed by atoms with van der Waals surface area (Å²) in [4.78, 5) is 49.7. The van der Waals surface area contributed by atoms with Crippen molar-refractivity contribution in [1.82, 2.24) is 0 Å². The minimum atomic E-state index is -0.641. The van der Waals surface area contributed by atoms with Crippen molar-refractivity contribution in [2.45, 2.75) is 103 Å². The fourth-order valence-corrected chi connectivity index (χ4v) is 12.8. The number of carbonyl (C=O) groups is 4. The molecule has 8 heteroatoms. The Morgan fingerprint density at radius 3 is 1.92 bits per heavy atom. The van der Waals surface area contributed by atoms with Crippen molar-refractivity contribution >= 4 is 24.4 Å². The van der Waals surface area contributed by atoms with Gasteiger partial charge < -0.3 is 18.9 Å². The van der Waals surface area contributed by atoms with E-state index < -0.39 is 23.1 Å². The molecule has 6 aliphatic rings. The maximum Gasteiger partial charge on any atom is 0.338 e. The quantitative estimate of drug-likeness (QED) is 0.0843. The summed E-state index contributed by atoms with van der Waals surface area (Å²) < 4.78 is 23.2. The molecule has 0 aliphatic heterocycles.